The Morgan fingerprint density at radius 1 is 1.12 bits per heavy atom. The molecule has 0 amide bonds. The van der Waals surface area contributed by atoms with Crippen LogP contribution in [0.3, 0.4) is 0 Å². The second-order valence-electron chi connectivity index (χ2n) is 5.09. The lowest BCUT2D eigenvalue weighted by atomic mass is 10.2. The summed E-state index contributed by atoms with van der Waals surface area (Å²) in [6, 6.07) is 15.5. The van der Waals surface area contributed by atoms with Gasteiger partial charge in [0.15, 0.2) is 5.96 Å². The van der Waals surface area contributed by atoms with Crippen LogP contribution in [0, 0.1) is 6.92 Å². The van der Waals surface area contributed by atoms with Crippen molar-refractivity contribution < 1.29 is 9.47 Å². The minimum Gasteiger partial charge on any atom is -0.497 e. The maximum atomic E-state index is 5.86. The summed E-state index contributed by atoms with van der Waals surface area (Å²) in [6.45, 7) is 3.26. The number of methoxy groups -OCH3 is 1. The number of aryl methyl sites for hydroxylation is 1. The molecule has 2 aromatic carbocycles. The molecular formula is C18H24IN3O2. The van der Waals surface area contributed by atoms with Gasteiger partial charge < -0.3 is 20.5 Å². The van der Waals surface area contributed by atoms with Crippen LogP contribution in [0.25, 0.3) is 0 Å². The van der Waals surface area contributed by atoms with Gasteiger partial charge in [-0.05, 0) is 42.8 Å². The van der Waals surface area contributed by atoms with E-state index in [2.05, 4.69) is 10.3 Å². The highest BCUT2D eigenvalue weighted by atomic mass is 127. The molecule has 0 aliphatic carbocycles. The second kappa shape index (κ2) is 10.7. The number of hydrogen-bond acceptors (Lipinski definition) is 3. The van der Waals surface area contributed by atoms with Gasteiger partial charge in [-0.25, -0.2) is 0 Å². The van der Waals surface area contributed by atoms with Gasteiger partial charge in [0.2, 0.25) is 0 Å². The summed E-state index contributed by atoms with van der Waals surface area (Å²) in [6.07, 6.45) is 0.805. The molecule has 0 aromatic heterocycles. The van der Waals surface area contributed by atoms with Crippen molar-refractivity contribution in [3.63, 3.8) is 0 Å². The van der Waals surface area contributed by atoms with Gasteiger partial charge in [-0.15, -0.1) is 24.0 Å². The number of benzene rings is 2. The Labute approximate surface area is 160 Å². The number of halogens is 1. The standard InChI is InChI=1S/C18H23N3O2.HI/c1-14-6-3-4-7-17(14)23-13-5-12-20-18(19)21-15-8-10-16(22-2)11-9-15;/h3-4,6-11H,5,12-13H2,1-2H3,(H3,19,20,21);1H. The molecule has 0 saturated carbocycles. The van der Waals surface area contributed by atoms with Gasteiger partial charge in [0.1, 0.15) is 11.5 Å². The molecule has 130 valence electrons. The van der Waals surface area contributed by atoms with E-state index in [0.717, 1.165) is 29.2 Å². The minimum absolute atomic E-state index is 0. The number of nitrogens with two attached hydrogens (primary N) is 1. The van der Waals surface area contributed by atoms with Crippen LogP contribution in [0.5, 0.6) is 11.5 Å². The number of guanidine groups is 1. The van der Waals surface area contributed by atoms with Crippen LogP contribution in [-0.2, 0) is 0 Å². The normalized spacial score (nSPS) is 10.7. The summed E-state index contributed by atoms with van der Waals surface area (Å²) < 4.78 is 10.8. The van der Waals surface area contributed by atoms with E-state index < -0.39 is 0 Å². The van der Waals surface area contributed by atoms with Crippen molar-refractivity contribution in [1.29, 1.82) is 0 Å². The van der Waals surface area contributed by atoms with Crippen LogP contribution < -0.4 is 20.5 Å². The highest BCUT2D eigenvalue weighted by Crippen LogP contribution is 2.16. The van der Waals surface area contributed by atoms with Crippen molar-refractivity contribution in [2.75, 3.05) is 25.6 Å². The Bertz CT molecular complexity index is 645. The Balaban J connectivity index is 0.00000288. The molecule has 6 heteroatoms. The Morgan fingerprint density at radius 2 is 1.83 bits per heavy atom. The molecule has 0 atom stereocenters. The lowest BCUT2D eigenvalue weighted by Crippen LogP contribution is -2.23. The smallest absolute Gasteiger partial charge is 0.193 e. The average molecular weight is 441 g/mol. The van der Waals surface area contributed by atoms with Gasteiger partial charge >= 0.3 is 0 Å². The molecular weight excluding hydrogens is 417 g/mol. The third-order valence-corrected chi connectivity index (χ3v) is 3.30. The first kappa shape index (κ1) is 20.1. The molecule has 2 rings (SSSR count). The SMILES string of the molecule is COc1ccc(NC(N)=NCCCOc2ccccc2C)cc1.I. The predicted octanol–water partition coefficient (Wildman–Crippen LogP) is 3.82. The van der Waals surface area contributed by atoms with E-state index in [9.17, 15) is 0 Å². The highest BCUT2D eigenvalue weighted by molar-refractivity contribution is 14.0. The molecule has 3 N–H and O–H groups in total. The summed E-state index contributed by atoms with van der Waals surface area (Å²) >= 11 is 0. The second-order valence-corrected chi connectivity index (χ2v) is 5.09. The predicted molar refractivity (Wildman–Crippen MR) is 110 cm³/mol. The first-order chi connectivity index (χ1) is 11.2. The van der Waals surface area contributed by atoms with Gasteiger partial charge in [0.25, 0.3) is 0 Å². The third-order valence-electron chi connectivity index (χ3n) is 3.30. The first-order valence-electron chi connectivity index (χ1n) is 7.58. The highest BCUT2D eigenvalue weighted by Gasteiger charge is 1.98. The quantitative estimate of drug-likeness (QED) is 0.297. The molecule has 0 aliphatic heterocycles. The zero-order valence-corrected chi connectivity index (χ0v) is 16.3. The Morgan fingerprint density at radius 3 is 2.50 bits per heavy atom. The summed E-state index contributed by atoms with van der Waals surface area (Å²) in [7, 11) is 1.64. The van der Waals surface area contributed by atoms with Gasteiger partial charge in [-0.3, -0.25) is 4.99 Å². The number of rotatable bonds is 7. The lowest BCUT2D eigenvalue weighted by molar-refractivity contribution is 0.311. The number of ether oxygens (including phenoxy) is 2. The number of nitrogens with one attached hydrogen (secondary N) is 1. The van der Waals surface area contributed by atoms with Crippen LogP contribution in [0.15, 0.2) is 53.5 Å². The Hall–Kier alpha value is -1.96. The van der Waals surface area contributed by atoms with Crippen LogP contribution in [-0.4, -0.2) is 26.2 Å². The molecule has 0 saturated heterocycles. The molecule has 0 aliphatic rings. The van der Waals surface area contributed by atoms with Gasteiger partial charge in [-0.1, -0.05) is 18.2 Å². The number of nitrogens with zero attached hydrogens (tertiary/aromatic N) is 1. The number of anilines is 1. The summed E-state index contributed by atoms with van der Waals surface area (Å²) in [5.41, 5.74) is 7.87. The fourth-order valence-corrected chi connectivity index (χ4v) is 2.03. The summed E-state index contributed by atoms with van der Waals surface area (Å²) in [5, 5.41) is 3.04. The van der Waals surface area contributed by atoms with E-state index in [1.54, 1.807) is 7.11 Å². The molecule has 0 fully saturated rings. The number of para-hydroxylation sites is 1. The van der Waals surface area contributed by atoms with Gasteiger partial charge in [0.05, 0.1) is 13.7 Å². The molecule has 0 radical (unpaired) electrons. The van der Waals surface area contributed by atoms with Gasteiger partial charge in [0, 0.05) is 18.7 Å². The average Bonchev–Trinajstić information content (AvgIpc) is 2.57. The first-order valence-corrected chi connectivity index (χ1v) is 7.58. The van der Waals surface area contributed by atoms with Crippen molar-refractivity contribution in [3.8, 4) is 11.5 Å². The van der Waals surface area contributed by atoms with Crippen LogP contribution in [0.2, 0.25) is 0 Å². The van der Waals surface area contributed by atoms with E-state index in [1.807, 2.05) is 55.5 Å². The molecule has 0 bridgehead atoms. The molecule has 0 spiro atoms. The van der Waals surface area contributed by atoms with Crippen molar-refractivity contribution >= 4 is 35.6 Å². The molecule has 0 heterocycles. The Kier molecular flexibility index (Phi) is 8.99. The van der Waals surface area contributed by atoms with Crippen molar-refractivity contribution in [2.24, 2.45) is 10.7 Å². The largest absolute Gasteiger partial charge is 0.497 e. The van der Waals surface area contributed by atoms with Crippen molar-refractivity contribution in [2.45, 2.75) is 13.3 Å². The fourth-order valence-electron chi connectivity index (χ4n) is 2.03. The van der Waals surface area contributed by atoms with Crippen LogP contribution in [0.4, 0.5) is 5.69 Å². The third kappa shape index (κ3) is 6.66. The van der Waals surface area contributed by atoms with Crippen molar-refractivity contribution in [3.05, 3.63) is 54.1 Å². The monoisotopic (exact) mass is 441 g/mol. The molecule has 24 heavy (non-hydrogen) atoms. The summed E-state index contributed by atoms with van der Waals surface area (Å²) in [5.74, 6) is 2.12. The fraction of sp³-hybridized carbons (Fsp3) is 0.278. The summed E-state index contributed by atoms with van der Waals surface area (Å²) in [4.78, 5) is 4.29. The van der Waals surface area contributed by atoms with Gasteiger partial charge in [-0.2, -0.15) is 0 Å². The van der Waals surface area contributed by atoms with Crippen LogP contribution in [0.1, 0.15) is 12.0 Å². The maximum Gasteiger partial charge on any atom is 0.193 e. The number of hydrogen-bond donors (Lipinski definition) is 2. The zero-order chi connectivity index (χ0) is 16.5. The van der Waals surface area contributed by atoms with Crippen molar-refractivity contribution in [1.82, 2.24) is 0 Å². The molecule has 5 nitrogen and oxygen atoms in total. The topological polar surface area (TPSA) is 68.9 Å². The van der Waals surface area contributed by atoms with E-state index in [0.29, 0.717) is 19.1 Å². The van der Waals surface area contributed by atoms with E-state index in [-0.39, 0.29) is 24.0 Å². The van der Waals surface area contributed by atoms with E-state index in [1.165, 1.54) is 0 Å². The van der Waals surface area contributed by atoms with Crippen LogP contribution >= 0.6 is 24.0 Å². The van der Waals surface area contributed by atoms with E-state index >= 15 is 0 Å². The molecule has 0 unspecified atom stereocenters. The molecule has 2 aromatic rings. The van der Waals surface area contributed by atoms with E-state index in [4.69, 9.17) is 15.2 Å². The minimum atomic E-state index is 0. The zero-order valence-electron chi connectivity index (χ0n) is 14.0. The lowest BCUT2D eigenvalue weighted by Gasteiger charge is -2.08. The maximum absolute atomic E-state index is 5.86. The number of aliphatic imine (C=N–C) groups is 1.